The molecule has 0 N–H and O–H groups in total. The van der Waals surface area contributed by atoms with E-state index >= 15 is 0 Å². The summed E-state index contributed by atoms with van der Waals surface area (Å²) in [5, 5.41) is 5.14. The minimum atomic E-state index is -3.26. The van der Waals surface area contributed by atoms with Crippen molar-refractivity contribution < 1.29 is 12.9 Å². The second kappa shape index (κ2) is 9.90. The second-order valence-electron chi connectivity index (χ2n) is 9.78. The van der Waals surface area contributed by atoms with Gasteiger partial charge in [-0.25, -0.2) is 8.42 Å². The quantitative estimate of drug-likeness (QED) is 0.248. The van der Waals surface area contributed by atoms with Gasteiger partial charge in [-0.1, -0.05) is 61.5 Å². The van der Waals surface area contributed by atoms with E-state index in [0.29, 0.717) is 28.9 Å². The molecule has 0 aliphatic rings. The first kappa shape index (κ1) is 24.8. The third kappa shape index (κ3) is 5.32. The summed E-state index contributed by atoms with van der Waals surface area (Å²) < 4.78 is 29.4. The van der Waals surface area contributed by atoms with E-state index in [1.54, 1.807) is 19.1 Å². The van der Waals surface area contributed by atoms with Gasteiger partial charge in [-0.2, -0.15) is 4.98 Å². The highest BCUT2D eigenvalue weighted by Gasteiger charge is 2.23. The average molecular weight is 512 g/mol. The van der Waals surface area contributed by atoms with Crippen molar-refractivity contribution >= 4 is 20.7 Å². The van der Waals surface area contributed by atoms with Gasteiger partial charge < -0.3 is 4.52 Å². The molecule has 1 unspecified atom stereocenters. The Morgan fingerprint density at radius 1 is 0.919 bits per heavy atom. The zero-order valence-electron chi connectivity index (χ0n) is 21.3. The second-order valence-corrected chi connectivity index (χ2v) is 11.8. The van der Waals surface area contributed by atoms with Gasteiger partial charge in [-0.05, 0) is 71.8 Å². The van der Waals surface area contributed by atoms with Gasteiger partial charge in [0.05, 0.1) is 16.3 Å². The highest BCUT2D eigenvalue weighted by Crippen LogP contribution is 2.35. The van der Waals surface area contributed by atoms with E-state index in [2.05, 4.69) is 60.4 Å². The molecule has 0 aliphatic heterocycles. The maximum atomic E-state index is 11.9. The van der Waals surface area contributed by atoms with Crippen LogP contribution in [0.25, 0.3) is 22.0 Å². The fourth-order valence-electron chi connectivity index (χ4n) is 4.60. The predicted octanol–water partition coefficient (Wildman–Crippen LogP) is 6.49. The Morgan fingerprint density at radius 2 is 1.70 bits per heavy atom. The Morgan fingerprint density at radius 3 is 2.38 bits per heavy atom. The molecule has 6 nitrogen and oxygen atoms in total. The molecule has 188 valence electrons. The summed E-state index contributed by atoms with van der Waals surface area (Å²) in [5.74, 6) is 1.29. The van der Waals surface area contributed by atoms with Gasteiger partial charge in [0.2, 0.25) is 5.89 Å². The SMILES string of the molecule is Cc1noc(C(Cc2ccc(S(C)(=O)=O)cc2)c2cccc(-c3cc(C(C)C)cc4cccnc34)c2)n1. The lowest BCUT2D eigenvalue weighted by molar-refractivity contribution is 0.361. The maximum Gasteiger partial charge on any atom is 0.234 e. The zero-order chi connectivity index (χ0) is 26.2. The maximum absolute atomic E-state index is 11.9. The number of aromatic nitrogens is 3. The summed E-state index contributed by atoms with van der Waals surface area (Å²) in [4.78, 5) is 9.54. The largest absolute Gasteiger partial charge is 0.339 e. The first-order chi connectivity index (χ1) is 17.7. The highest BCUT2D eigenvalue weighted by atomic mass is 32.2. The molecule has 3 aromatic carbocycles. The number of benzene rings is 3. The van der Waals surface area contributed by atoms with Crippen LogP contribution in [0.5, 0.6) is 0 Å². The number of hydrogen-bond acceptors (Lipinski definition) is 6. The third-order valence-electron chi connectivity index (χ3n) is 6.63. The normalized spacial score (nSPS) is 12.8. The number of nitrogens with zero attached hydrogens (tertiary/aromatic N) is 3. The van der Waals surface area contributed by atoms with Crippen molar-refractivity contribution in [2.45, 2.75) is 43.9 Å². The van der Waals surface area contributed by atoms with Crippen molar-refractivity contribution in [3.63, 3.8) is 0 Å². The molecular weight excluding hydrogens is 482 g/mol. The van der Waals surface area contributed by atoms with Crippen LogP contribution in [-0.4, -0.2) is 29.8 Å². The lowest BCUT2D eigenvalue weighted by Crippen LogP contribution is -2.07. The van der Waals surface area contributed by atoms with Crippen LogP contribution in [0.15, 0.2) is 88.4 Å². The van der Waals surface area contributed by atoms with Gasteiger partial charge in [0, 0.05) is 23.4 Å². The van der Waals surface area contributed by atoms with E-state index in [9.17, 15) is 8.42 Å². The number of aryl methyl sites for hydroxylation is 1. The highest BCUT2D eigenvalue weighted by molar-refractivity contribution is 7.90. The fourth-order valence-corrected chi connectivity index (χ4v) is 5.23. The van der Waals surface area contributed by atoms with Crippen LogP contribution in [0.1, 0.15) is 54.1 Å². The van der Waals surface area contributed by atoms with Gasteiger partial charge >= 0.3 is 0 Å². The Hall–Kier alpha value is -3.84. The summed E-state index contributed by atoms with van der Waals surface area (Å²) in [6.07, 6.45) is 3.62. The van der Waals surface area contributed by atoms with E-state index in [0.717, 1.165) is 33.2 Å². The van der Waals surface area contributed by atoms with E-state index in [1.165, 1.54) is 11.8 Å². The average Bonchev–Trinajstić information content (AvgIpc) is 3.32. The zero-order valence-corrected chi connectivity index (χ0v) is 22.2. The van der Waals surface area contributed by atoms with Crippen LogP contribution in [0.2, 0.25) is 0 Å². The Kier molecular flexibility index (Phi) is 6.65. The molecule has 0 saturated heterocycles. The molecule has 0 saturated carbocycles. The number of rotatable bonds is 7. The molecule has 7 heteroatoms. The van der Waals surface area contributed by atoms with Crippen molar-refractivity contribution in [2.24, 2.45) is 0 Å². The number of sulfone groups is 1. The van der Waals surface area contributed by atoms with Crippen LogP contribution >= 0.6 is 0 Å². The van der Waals surface area contributed by atoms with Gasteiger partial charge in [0.25, 0.3) is 0 Å². The lowest BCUT2D eigenvalue weighted by Gasteiger charge is -2.17. The summed E-state index contributed by atoms with van der Waals surface area (Å²) >= 11 is 0. The van der Waals surface area contributed by atoms with Crippen LogP contribution in [0.3, 0.4) is 0 Å². The molecule has 5 aromatic rings. The monoisotopic (exact) mass is 511 g/mol. The van der Waals surface area contributed by atoms with Gasteiger partial charge in [0.1, 0.15) is 0 Å². The number of fused-ring (bicyclic) bond motifs is 1. The van der Waals surface area contributed by atoms with Crippen molar-refractivity contribution in [2.75, 3.05) is 6.26 Å². The summed E-state index contributed by atoms with van der Waals surface area (Å²) in [6, 6.07) is 23.9. The van der Waals surface area contributed by atoms with Crippen LogP contribution < -0.4 is 0 Å². The molecule has 1 atom stereocenters. The van der Waals surface area contributed by atoms with E-state index in [-0.39, 0.29) is 5.92 Å². The summed E-state index contributed by atoms with van der Waals surface area (Å²) in [5.41, 5.74) is 6.39. The Labute approximate surface area is 217 Å². The summed E-state index contributed by atoms with van der Waals surface area (Å²) in [7, 11) is -3.26. The standard InChI is InChI=1S/C30H29N3O3S/c1-19(2)25-17-24-9-6-14-31-29(24)27(18-25)22-7-5-8-23(16-22)28(30-32-20(3)33-36-30)15-21-10-12-26(13-11-21)37(4,34)35/h5-14,16-19,28H,15H2,1-4H3. The molecule has 37 heavy (non-hydrogen) atoms. The molecule has 0 aliphatic carbocycles. The van der Waals surface area contributed by atoms with Crippen molar-refractivity contribution in [3.8, 4) is 11.1 Å². The van der Waals surface area contributed by atoms with Crippen molar-refractivity contribution in [3.05, 3.63) is 107 Å². The van der Waals surface area contributed by atoms with Gasteiger partial charge in [-0.15, -0.1) is 0 Å². The topological polar surface area (TPSA) is 86.0 Å². The first-order valence-electron chi connectivity index (χ1n) is 12.3. The van der Waals surface area contributed by atoms with Gasteiger partial charge in [0.15, 0.2) is 15.7 Å². The third-order valence-corrected chi connectivity index (χ3v) is 7.76. The molecule has 0 fully saturated rings. The molecular formula is C30H29N3O3S. The summed E-state index contributed by atoms with van der Waals surface area (Å²) in [6.45, 7) is 6.19. The minimum absolute atomic E-state index is 0.197. The van der Waals surface area contributed by atoms with Gasteiger partial charge in [-0.3, -0.25) is 4.98 Å². The van der Waals surface area contributed by atoms with Crippen molar-refractivity contribution in [1.29, 1.82) is 0 Å². The lowest BCUT2D eigenvalue weighted by atomic mass is 9.88. The Bertz CT molecular complexity index is 1670. The fraction of sp³-hybridized carbons (Fsp3) is 0.233. The molecule has 0 bridgehead atoms. The first-order valence-corrected chi connectivity index (χ1v) is 14.2. The number of hydrogen-bond donors (Lipinski definition) is 0. The molecule has 0 radical (unpaired) electrons. The van der Waals surface area contributed by atoms with Crippen LogP contribution in [-0.2, 0) is 16.3 Å². The molecule has 0 amide bonds. The van der Waals surface area contributed by atoms with E-state index in [1.807, 2.05) is 30.5 Å². The Balaban J connectivity index is 1.59. The van der Waals surface area contributed by atoms with E-state index in [4.69, 9.17) is 9.51 Å². The minimum Gasteiger partial charge on any atom is -0.339 e. The molecule has 2 heterocycles. The molecule has 5 rings (SSSR count). The van der Waals surface area contributed by atoms with E-state index < -0.39 is 9.84 Å². The number of pyridine rings is 1. The van der Waals surface area contributed by atoms with Crippen molar-refractivity contribution in [1.82, 2.24) is 15.1 Å². The van der Waals surface area contributed by atoms with Crippen LogP contribution in [0.4, 0.5) is 0 Å². The molecule has 0 spiro atoms. The predicted molar refractivity (Wildman–Crippen MR) is 145 cm³/mol. The smallest absolute Gasteiger partial charge is 0.234 e. The van der Waals surface area contributed by atoms with Crippen LogP contribution in [0, 0.1) is 6.92 Å². The molecule has 2 aromatic heterocycles.